The van der Waals surface area contributed by atoms with Crippen molar-refractivity contribution < 1.29 is 40.3 Å². The van der Waals surface area contributed by atoms with E-state index in [0.29, 0.717) is 31.8 Å². The first kappa shape index (κ1) is 31.8. The summed E-state index contributed by atoms with van der Waals surface area (Å²) in [6.45, 7) is 4.70. The molecule has 0 unspecified atom stereocenters. The van der Waals surface area contributed by atoms with E-state index >= 15 is 0 Å². The Balaban J connectivity index is 1.73. The average molecular weight is 648 g/mol. The van der Waals surface area contributed by atoms with E-state index in [2.05, 4.69) is 4.98 Å². The second-order valence-electron chi connectivity index (χ2n) is 11.3. The Kier molecular flexibility index (Phi) is 8.48. The van der Waals surface area contributed by atoms with E-state index in [9.17, 15) is 30.8 Å². The van der Waals surface area contributed by atoms with Gasteiger partial charge in [-0.2, -0.15) is 0 Å². The van der Waals surface area contributed by atoms with E-state index in [0.717, 1.165) is 29.7 Å². The standard InChI is InChI=1S/C30H34FN3O8S2/c1-19(2)42-29(36)23-17-34(28(35)20-9-10-24(31)21(15-20)16-33-11-13-41-14-12-33)18-30(43(3,37)38,44(4,39)40)26-22-7-5-6-8-25(22)32-27(23)26/h5-10,15,17,19,32H,11-14,16,18H2,1-4H3. The summed E-state index contributed by atoms with van der Waals surface area (Å²) in [6, 6.07) is 10.2. The number of hydrogen-bond donors (Lipinski definition) is 1. The predicted molar refractivity (Wildman–Crippen MR) is 162 cm³/mol. The number of aromatic amines is 1. The molecule has 1 amide bonds. The molecule has 2 aromatic carbocycles. The number of nitrogens with zero attached hydrogens (tertiary/aromatic N) is 2. The summed E-state index contributed by atoms with van der Waals surface area (Å²) >= 11 is 0. The summed E-state index contributed by atoms with van der Waals surface area (Å²) in [5.41, 5.74) is 0.104. The smallest absolute Gasteiger partial charge is 0.342 e. The number of hydrogen-bond acceptors (Lipinski definition) is 9. The lowest BCUT2D eigenvalue weighted by molar-refractivity contribution is -0.140. The average Bonchev–Trinajstić information content (AvgIpc) is 3.23. The molecule has 0 bridgehead atoms. The van der Waals surface area contributed by atoms with E-state index < -0.39 is 54.1 Å². The van der Waals surface area contributed by atoms with Gasteiger partial charge in [-0.1, -0.05) is 18.2 Å². The number of benzene rings is 2. The molecule has 1 aromatic heterocycles. The number of H-pyrrole nitrogens is 1. The van der Waals surface area contributed by atoms with Gasteiger partial charge in [0, 0.05) is 65.9 Å². The molecule has 0 atom stereocenters. The van der Waals surface area contributed by atoms with E-state index in [1.54, 1.807) is 38.1 Å². The van der Waals surface area contributed by atoms with Crippen LogP contribution in [0.1, 0.15) is 41.0 Å². The first-order valence-corrected chi connectivity index (χ1v) is 17.8. The first-order chi connectivity index (χ1) is 20.6. The first-order valence-electron chi connectivity index (χ1n) is 14.0. The van der Waals surface area contributed by atoms with E-state index in [-0.39, 0.29) is 39.9 Å². The van der Waals surface area contributed by atoms with Crippen LogP contribution in [0, 0.1) is 5.82 Å². The van der Waals surface area contributed by atoms with Crippen molar-refractivity contribution >= 4 is 48.0 Å². The predicted octanol–water partition coefficient (Wildman–Crippen LogP) is 2.83. The molecule has 2 aliphatic heterocycles. The van der Waals surface area contributed by atoms with E-state index in [1.165, 1.54) is 12.1 Å². The molecule has 1 saturated heterocycles. The zero-order valence-corrected chi connectivity index (χ0v) is 26.4. The van der Waals surface area contributed by atoms with Gasteiger partial charge in [0.1, 0.15) is 5.82 Å². The maximum Gasteiger partial charge on any atom is 0.342 e. The van der Waals surface area contributed by atoms with Gasteiger partial charge in [-0.05, 0) is 38.1 Å². The molecule has 2 aliphatic rings. The number of rotatable bonds is 7. The minimum atomic E-state index is -4.56. The number of morpholine rings is 1. The number of ether oxygens (including phenoxy) is 2. The zero-order valence-electron chi connectivity index (χ0n) is 24.8. The second-order valence-corrected chi connectivity index (χ2v) is 16.1. The number of fused-ring (bicyclic) bond motifs is 3. The highest BCUT2D eigenvalue weighted by molar-refractivity contribution is 8.09. The Morgan fingerprint density at radius 1 is 1.05 bits per heavy atom. The Labute approximate surface area is 255 Å². The minimum absolute atomic E-state index is 0.0196. The number of para-hydroxylation sites is 1. The maximum absolute atomic E-state index is 14.9. The van der Waals surface area contributed by atoms with Gasteiger partial charge in [-0.3, -0.25) is 9.69 Å². The van der Waals surface area contributed by atoms with Crippen LogP contribution in [0.15, 0.2) is 48.7 Å². The minimum Gasteiger partial charge on any atom is -0.459 e. The highest BCUT2D eigenvalue weighted by atomic mass is 32.3. The molecular formula is C30H34FN3O8S2. The summed E-state index contributed by atoms with van der Waals surface area (Å²) in [7, 11) is -9.13. The third-order valence-corrected chi connectivity index (χ3v) is 12.7. The Bertz CT molecular complexity index is 1840. The number of carbonyl (C=O) groups excluding carboxylic acids is 2. The SMILES string of the molecule is CC(C)OC(=O)C1=CN(C(=O)c2ccc(F)c(CN3CCOCC3)c2)CC(S(C)(=O)=O)(S(C)(=O)=O)c2c1[nH]c1ccccc21. The Morgan fingerprint density at radius 3 is 2.34 bits per heavy atom. The van der Waals surface area contributed by atoms with Gasteiger partial charge in [0.15, 0.2) is 19.7 Å². The van der Waals surface area contributed by atoms with Crippen molar-refractivity contribution in [2.75, 3.05) is 45.4 Å². The van der Waals surface area contributed by atoms with Crippen LogP contribution in [0.4, 0.5) is 4.39 Å². The van der Waals surface area contributed by atoms with Crippen molar-refractivity contribution in [2.24, 2.45) is 0 Å². The molecule has 14 heteroatoms. The van der Waals surface area contributed by atoms with Gasteiger partial charge in [-0.25, -0.2) is 26.0 Å². The zero-order chi connectivity index (χ0) is 32.0. The van der Waals surface area contributed by atoms with Crippen LogP contribution in [-0.4, -0.2) is 95.0 Å². The number of esters is 1. The summed E-state index contributed by atoms with van der Waals surface area (Å²) < 4.78 is 78.0. The number of carbonyl (C=O) groups is 2. The number of nitrogens with one attached hydrogen (secondary N) is 1. The van der Waals surface area contributed by atoms with Crippen LogP contribution < -0.4 is 0 Å². The lowest BCUT2D eigenvalue weighted by Gasteiger charge is -2.33. The van der Waals surface area contributed by atoms with Crippen LogP contribution >= 0.6 is 0 Å². The molecule has 3 heterocycles. The second kappa shape index (κ2) is 11.7. The Hall–Kier alpha value is -3.59. The number of aromatic nitrogens is 1. The number of sulfone groups is 2. The fourth-order valence-electron chi connectivity index (χ4n) is 5.75. The van der Waals surface area contributed by atoms with Crippen LogP contribution in [0.5, 0.6) is 0 Å². The number of halogens is 1. The fraction of sp³-hybridized carbons (Fsp3) is 0.400. The van der Waals surface area contributed by atoms with E-state index in [4.69, 9.17) is 9.47 Å². The summed E-state index contributed by atoms with van der Waals surface area (Å²) in [5, 5.41) is 0.255. The highest BCUT2D eigenvalue weighted by Gasteiger charge is 2.58. The van der Waals surface area contributed by atoms with Gasteiger partial charge < -0.3 is 19.4 Å². The van der Waals surface area contributed by atoms with Crippen LogP contribution in [0.2, 0.25) is 0 Å². The van der Waals surface area contributed by atoms with Crippen LogP contribution in [-0.2, 0) is 44.6 Å². The Morgan fingerprint density at radius 2 is 1.70 bits per heavy atom. The molecule has 0 radical (unpaired) electrons. The van der Waals surface area contributed by atoms with Crippen LogP contribution in [0.25, 0.3) is 16.5 Å². The van der Waals surface area contributed by atoms with Crippen molar-refractivity contribution in [1.82, 2.24) is 14.8 Å². The molecular weight excluding hydrogens is 613 g/mol. The van der Waals surface area contributed by atoms with E-state index in [1.807, 2.05) is 4.90 Å². The molecule has 11 nitrogen and oxygen atoms in total. The summed E-state index contributed by atoms with van der Waals surface area (Å²) in [6.07, 6.45) is 2.11. The monoisotopic (exact) mass is 647 g/mol. The third kappa shape index (κ3) is 5.67. The quantitative estimate of drug-likeness (QED) is 0.383. The summed E-state index contributed by atoms with van der Waals surface area (Å²) in [5.74, 6) is -2.26. The molecule has 1 fully saturated rings. The van der Waals surface area contributed by atoms with Crippen molar-refractivity contribution in [1.29, 1.82) is 0 Å². The van der Waals surface area contributed by atoms with Crippen LogP contribution in [0.3, 0.4) is 0 Å². The van der Waals surface area contributed by atoms with Crippen molar-refractivity contribution in [2.45, 2.75) is 30.6 Å². The van der Waals surface area contributed by atoms with Gasteiger partial charge in [0.25, 0.3) is 5.91 Å². The van der Waals surface area contributed by atoms with Crippen molar-refractivity contribution in [3.8, 4) is 0 Å². The third-order valence-electron chi connectivity index (χ3n) is 7.83. The lowest BCUT2D eigenvalue weighted by atomic mass is 10.0. The summed E-state index contributed by atoms with van der Waals surface area (Å²) in [4.78, 5) is 33.6. The largest absolute Gasteiger partial charge is 0.459 e. The lowest BCUT2D eigenvalue weighted by Crippen LogP contribution is -2.51. The van der Waals surface area contributed by atoms with Crippen molar-refractivity contribution in [3.05, 3.63) is 76.9 Å². The fourth-order valence-corrected chi connectivity index (χ4v) is 9.86. The molecule has 0 spiro atoms. The van der Waals surface area contributed by atoms with Crippen molar-refractivity contribution in [3.63, 3.8) is 0 Å². The highest BCUT2D eigenvalue weighted by Crippen LogP contribution is 2.46. The molecule has 0 aliphatic carbocycles. The molecule has 3 aromatic rings. The molecule has 5 rings (SSSR count). The van der Waals surface area contributed by atoms with Gasteiger partial charge in [0.05, 0.1) is 37.1 Å². The maximum atomic E-state index is 14.9. The van der Waals surface area contributed by atoms with Gasteiger partial charge in [0.2, 0.25) is 4.08 Å². The molecule has 1 N–H and O–H groups in total. The van der Waals surface area contributed by atoms with Gasteiger partial charge >= 0.3 is 5.97 Å². The molecule has 44 heavy (non-hydrogen) atoms. The van der Waals surface area contributed by atoms with Gasteiger partial charge in [-0.15, -0.1) is 0 Å². The molecule has 236 valence electrons. The molecule has 0 saturated carbocycles. The topological polar surface area (TPSA) is 143 Å². The number of amides is 1. The normalized spacial score (nSPS) is 17.7.